The van der Waals surface area contributed by atoms with Crippen LogP contribution in [0.3, 0.4) is 0 Å². The van der Waals surface area contributed by atoms with E-state index in [-0.39, 0.29) is 41.9 Å². The fraction of sp³-hybridized carbons (Fsp3) is 0.538. The number of benzene rings is 1. The minimum atomic E-state index is -3.74. The number of hydrogen-bond donors (Lipinski definition) is 1. The van der Waals surface area contributed by atoms with Crippen LogP contribution in [0.4, 0.5) is 5.69 Å². The van der Waals surface area contributed by atoms with Crippen LogP contribution in [0.2, 0.25) is 0 Å². The molecule has 2 aromatic rings. The van der Waals surface area contributed by atoms with E-state index in [0.717, 1.165) is 12.8 Å². The van der Waals surface area contributed by atoms with Crippen LogP contribution in [0.1, 0.15) is 61.3 Å². The van der Waals surface area contributed by atoms with Crippen molar-refractivity contribution in [3.05, 3.63) is 51.3 Å². The summed E-state index contributed by atoms with van der Waals surface area (Å²) in [5, 5.41) is 11.8. The first-order chi connectivity index (χ1) is 17.6. The molecular weight excluding hydrogens is 497 g/mol. The van der Waals surface area contributed by atoms with E-state index in [2.05, 4.69) is 4.98 Å². The SMILES string of the molecule is CCCCO[P+](O)(OCCCC)c1c(C)nc(C)c(C(=O)OCCN(C)C)c1-c1cccc([N+](=O)[O-])c1. The van der Waals surface area contributed by atoms with Gasteiger partial charge in [0.2, 0.25) is 5.30 Å². The first-order valence-electron chi connectivity index (χ1n) is 12.5. The number of hydrogen-bond acceptors (Lipinski definition) is 9. The van der Waals surface area contributed by atoms with Crippen LogP contribution in [0.5, 0.6) is 0 Å². The lowest BCUT2D eigenvalue weighted by Gasteiger charge is -2.23. The summed E-state index contributed by atoms with van der Waals surface area (Å²) in [7, 11) is -0.00482. The topological polar surface area (TPSA) is 124 Å². The van der Waals surface area contributed by atoms with Crippen LogP contribution < -0.4 is 5.30 Å². The number of likely N-dealkylation sites (N-methyl/N-ethyl adjacent to an activating group) is 1. The van der Waals surface area contributed by atoms with Crippen molar-refractivity contribution in [1.82, 2.24) is 9.88 Å². The minimum Gasteiger partial charge on any atom is -0.461 e. The third-order valence-electron chi connectivity index (χ3n) is 5.66. The van der Waals surface area contributed by atoms with Crippen LogP contribution >= 0.6 is 7.94 Å². The van der Waals surface area contributed by atoms with Crippen LogP contribution in [0.15, 0.2) is 24.3 Å². The number of nitro groups is 1. The Balaban J connectivity index is 2.82. The largest absolute Gasteiger partial charge is 0.461 e. The van der Waals surface area contributed by atoms with E-state index in [1.165, 1.54) is 18.2 Å². The number of aryl methyl sites for hydroxylation is 2. The number of carbonyl (C=O) groups excluding carboxylic acids is 1. The molecule has 0 amide bonds. The number of rotatable bonds is 15. The van der Waals surface area contributed by atoms with E-state index >= 15 is 0 Å². The molecule has 0 bridgehead atoms. The summed E-state index contributed by atoms with van der Waals surface area (Å²) in [6, 6.07) is 5.94. The standard InChI is InChI=1S/C26H39N3O7P/c1-7-9-15-35-37(33,36-16-10-8-2)25-20(4)27-19(3)23(26(30)34-17-14-28(5)6)24(25)21-12-11-13-22(18-21)29(31)32/h11-13,18,33H,7-10,14-17H2,1-6H3/q+1. The van der Waals surface area contributed by atoms with Crippen molar-refractivity contribution < 1.29 is 28.4 Å². The summed E-state index contributed by atoms with van der Waals surface area (Å²) >= 11 is 0. The van der Waals surface area contributed by atoms with Gasteiger partial charge in [-0.1, -0.05) is 38.8 Å². The number of non-ortho nitro benzene ring substituents is 1. The maximum Gasteiger partial charge on any atom is 0.448 e. The number of carbonyl (C=O) groups is 1. The average molecular weight is 537 g/mol. The zero-order chi connectivity index (χ0) is 27.6. The Morgan fingerprint density at radius 3 is 2.24 bits per heavy atom. The lowest BCUT2D eigenvalue weighted by atomic mass is 9.97. The number of unbranched alkanes of at least 4 members (excludes halogenated alkanes) is 2. The van der Waals surface area contributed by atoms with Gasteiger partial charge in [-0.15, -0.1) is 0 Å². The average Bonchev–Trinajstić information content (AvgIpc) is 2.83. The Morgan fingerprint density at radius 1 is 1.08 bits per heavy atom. The number of nitrogens with zero attached hydrogens (tertiary/aromatic N) is 3. The summed E-state index contributed by atoms with van der Waals surface area (Å²) in [4.78, 5) is 42.8. The highest BCUT2D eigenvalue weighted by molar-refractivity contribution is 7.69. The molecule has 1 aromatic carbocycles. The van der Waals surface area contributed by atoms with Crippen LogP contribution in [-0.4, -0.2) is 66.1 Å². The lowest BCUT2D eigenvalue weighted by molar-refractivity contribution is -0.384. The van der Waals surface area contributed by atoms with E-state index < -0.39 is 18.8 Å². The first-order valence-corrected chi connectivity index (χ1v) is 14.1. The third-order valence-corrected chi connectivity index (χ3v) is 7.84. The smallest absolute Gasteiger partial charge is 0.448 e. The van der Waals surface area contributed by atoms with Crippen molar-refractivity contribution in [2.24, 2.45) is 0 Å². The molecule has 0 saturated heterocycles. The molecule has 0 aliphatic rings. The van der Waals surface area contributed by atoms with Gasteiger partial charge < -0.3 is 9.64 Å². The molecule has 11 heteroatoms. The van der Waals surface area contributed by atoms with E-state index in [4.69, 9.17) is 13.8 Å². The Kier molecular flexibility index (Phi) is 12.0. The second-order valence-corrected chi connectivity index (χ2v) is 11.0. The van der Waals surface area contributed by atoms with Crippen LogP contribution in [-0.2, 0) is 13.8 Å². The van der Waals surface area contributed by atoms with Crippen molar-refractivity contribution in [2.75, 3.05) is 40.5 Å². The molecule has 0 saturated carbocycles. The molecule has 0 fully saturated rings. The van der Waals surface area contributed by atoms with E-state index in [1.54, 1.807) is 19.9 Å². The van der Waals surface area contributed by atoms with Crippen LogP contribution in [0, 0.1) is 24.0 Å². The number of ether oxygens (including phenoxy) is 1. The zero-order valence-electron chi connectivity index (χ0n) is 22.7. The van der Waals surface area contributed by atoms with Gasteiger partial charge in [-0.05, 0) is 46.3 Å². The monoisotopic (exact) mass is 536 g/mol. The van der Waals surface area contributed by atoms with E-state index in [0.29, 0.717) is 36.3 Å². The molecule has 10 nitrogen and oxygen atoms in total. The Morgan fingerprint density at radius 2 is 1.70 bits per heavy atom. The summed E-state index contributed by atoms with van der Waals surface area (Å²) in [5.41, 5.74) is 1.43. The molecule has 0 spiro atoms. The van der Waals surface area contributed by atoms with Crippen molar-refractivity contribution in [1.29, 1.82) is 0 Å². The number of aromatic nitrogens is 1. The maximum atomic E-state index is 13.4. The molecule has 0 unspecified atom stereocenters. The second-order valence-electron chi connectivity index (χ2n) is 9.02. The van der Waals surface area contributed by atoms with E-state index in [9.17, 15) is 19.8 Å². The zero-order valence-corrected chi connectivity index (χ0v) is 23.5. The third kappa shape index (κ3) is 8.25. The molecule has 204 valence electrons. The molecular formula is C26H39N3O7P+. The Bertz CT molecular complexity index is 1070. The Hall–Kier alpha value is -2.49. The number of pyridine rings is 1. The van der Waals surface area contributed by atoms with Gasteiger partial charge in [0.05, 0.1) is 40.7 Å². The molecule has 0 aliphatic carbocycles. The molecule has 0 radical (unpaired) electrons. The highest BCUT2D eigenvalue weighted by Gasteiger charge is 2.50. The number of nitro benzene ring substituents is 1. The molecule has 0 atom stereocenters. The van der Waals surface area contributed by atoms with Crippen molar-refractivity contribution in [3.8, 4) is 11.1 Å². The van der Waals surface area contributed by atoms with Gasteiger partial charge in [-0.3, -0.25) is 15.1 Å². The summed E-state index contributed by atoms with van der Waals surface area (Å²) < 4.78 is 17.6. The minimum absolute atomic E-state index is 0.122. The molecule has 0 aliphatic heterocycles. The number of esters is 1. The fourth-order valence-electron chi connectivity index (χ4n) is 3.72. The maximum absolute atomic E-state index is 13.4. The Labute approximate surface area is 219 Å². The van der Waals surface area contributed by atoms with Gasteiger partial charge in [0, 0.05) is 18.7 Å². The molecule has 1 aromatic heterocycles. The second kappa shape index (κ2) is 14.4. The van der Waals surface area contributed by atoms with Gasteiger partial charge in [0.1, 0.15) is 6.61 Å². The van der Waals surface area contributed by atoms with Gasteiger partial charge in [0.15, 0.2) is 0 Å². The molecule has 2 rings (SSSR count). The van der Waals surface area contributed by atoms with Crippen molar-refractivity contribution >= 4 is 24.9 Å². The summed E-state index contributed by atoms with van der Waals surface area (Å²) in [6.45, 7) is 8.55. The van der Waals surface area contributed by atoms with Gasteiger partial charge in [-0.2, -0.15) is 13.9 Å². The lowest BCUT2D eigenvalue weighted by Crippen LogP contribution is -2.28. The van der Waals surface area contributed by atoms with E-state index in [1.807, 2.05) is 32.8 Å². The highest BCUT2D eigenvalue weighted by Crippen LogP contribution is 2.59. The van der Waals surface area contributed by atoms with Crippen molar-refractivity contribution in [3.63, 3.8) is 0 Å². The predicted molar refractivity (Wildman–Crippen MR) is 145 cm³/mol. The summed E-state index contributed by atoms with van der Waals surface area (Å²) in [6.07, 6.45) is 3.09. The molecule has 37 heavy (non-hydrogen) atoms. The molecule has 1 N–H and O–H groups in total. The van der Waals surface area contributed by atoms with Gasteiger partial charge in [-0.25, -0.2) is 4.79 Å². The summed E-state index contributed by atoms with van der Waals surface area (Å²) in [5.74, 6) is -0.636. The normalized spacial score (nSPS) is 11.7. The predicted octanol–water partition coefficient (Wildman–Crippen LogP) is 5.01. The van der Waals surface area contributed by atoms with Gasteiger partial charge >= 0.3 is 13.9 Å². The first kappa shape index (κ1) is 30.7. The quantitative estimate of drug-likeness (QED) is 0.110. The fourth-order valence-corrected chi connectivity index (χ4v) is 5.79. The van der Waals surface area contributed by atoms with Crippen molar-refractivity contribution in [2.45, 2.75) is 53.4 Å². The highest BCUT2D eigenvalue weighted by atomic mass is 31.2. The van der Waals surface area contributed by atoms with Crippen LogP contribution in [0.25, 0.3) is 11.1 Å². The van der Waals surface area contributed by atoms with Gasteiger partial charge in [0.25, 0.3) is 5.69 Å². The molecule has 1 heterocycles.